The van der Waals surface area contributed by atoms with Crippen LogP contribution in [0.5, 0.6) is 17.2 Å². The normalized spacial score (nSPS) is 12.3. The SMILES string of the molecule is CCOC(=O)NC(C(=O)C(=O)OCC)C(C)Oc1ccc(Oc2cccc(Cl)c2)cc1. The molecule has 1 N–H and O–H groups in total. The molecule has 8 nitrogen and oxygen atoms in total. The number of carbonyl (C=O) groups excluding carboxylic acids is 3. The number of amides is 1. The van der Waals surface area contributed by atoms with Gasteiger partial charge in [-0.2, -0.15) is 0 Å². The fourth-order valence-electron chi connectivity index (χ4n) is 2.56. The summed E-state index contributed by atoms with van der Waals surface area (Å²) in [6, 6.07) is 12.3. The summed E-state index contributed by atoms with van der Waals surface area (Å²) in [5.41, 5.74) is 0. The summed E-state index contributed by atoms with van der Waals surface area (Å²) in [6.07, 6.45) is -1.73. The lowest BCUT2D eigenvalue weighted by Crippen LogP contribution is -2.52. The number of nitrogens with one attached hydrogen (secondary N) is 1. The van der Waals surface area contributed by atoms with Crippen LogP contribution in [-0.4, -0.2) is 43.2 Å². The highest BCUT2D eigenvalue weighted by Crippen LogP contribution is 2.26. The van der Waals surface area contributed by atoms with Crippen molar-refractivity contribution in [3.63, 3.8) is 0 Å². The lowest BCUT2D eigenvalue weighted by molar-refractivity contribution is -0.155. The number of hydrogen-bond donors (Lipinski definition) is 1. The van der Waals surface area contributed by atoms with Crippen LogP contribution in [0, 0.1) is 0 Å². The molecule has 2 aromatic carbocycles. The van der Waals surface area contributed by atoms with Crippen LogP contribution in [0.25, 0.3) is 0 Å². The van der Waals surface area contributed by atoms with Crippen molar-refractivity contribution in [1.82, 2.24) is 5.32 Å². The van der Waals surface area contributed by atoms with Crippen LogP contribution in [-0.2, 0) is 19.1 Å². The van der Waals surface area contributed by atoms with Gasteiger partial charge < -0.3 is 24.3 Å². The Bertz CT molecular complexity index is 901. The zero-order chi connectivity index (χ0) is 22.8. The van der Waals surface area contributed by atoms with Crippen molar-refractivity contribution in [1.29, 1.82) is 0 Å². The van der Waals surface area contributed by atoms with Gasteiger partial charge in [-0.05, 0) is 63.2 Å². The molecule has 0 aliphatic carbocycles. The Morgan fingerprint density at radius 1 is 0.935 bits per heavy atom. The molecule has 0 fully saturated rings. The molecular formula is C22H24ClNO7. The molecule has 0 radical (unpaired) electrons. The zero-order valence-electron chi connectivity index (χ0n) is 17.4. The third-order valence-electron chi connectivity index (χ3n) is 3.95. The van der Waals surface area contributed by atoms with Gasteiger partial charge >= 0.3 is 12.1 Å². The van der Waals surface area contributed by atoms with Crippen molar-refractivity contribution >= 4 is 29.4 Å². The highest BCUT2D eigenvalue weighted by molar-refractivity contribution is 6.36. The van der Waals surface area contributed by atoms with Crippen LogP contribution < -0.4 is 14.8 Å². The van der Waals surface area contributed by atoms with Crippen molar-refractivity contribution in [2.75, 3.05) is 13.2 Å². The highest BCUT2D eigenvalue weighted by atomic mass is 35.5. The van der Waals surface area contributed by atoms with Gasteiger partial charge in [0.2, 0.25) is 0 Å². The van der Waals surface area contributed by atoms with E-state index in [1.54, 1.807) is 69.3 Å². The Labute approximate surface area is 185 Å². The van der Waals surface area contributed by atoms with Gasteiger partial charge in [0, 0.05) is 5.02 Å². The summed E-state index contributed by atoms with van der Waals surface area (Å²) >= 11 is 5.95. The van der Waals surface area contributed by atoms with Crippen LogP contribution in [0.2, 0.25) is 5.02 Å². The molecule has 0 bridgehead atoms. The quantitative estimate of drug-likeness (QED) is 0.429. The molecule has 166 valence electrons. The number of halogens is 1. The first kappa shape index (κ1) is 24.0. The number of rotatable bonds is 10. The molecule has 9 heteroatoms. The van der Waals surface area contributed by atoms with E-state index in [0.717, 1.165) is 0 Å². The minimum Gasteiger partial charge on any atom is -0.488 e. The van der Waals surface area contributed by atoms with Crippen LogP contribution in [0.1, 0.15) is 20.8 Å². The Balaban J connectivity index is 2.08. The molecule has 0 spiro atoms. The van der Waals surface area contributed by atoms with Gasteiger partial charge in [-0.15, -0.1) is 0 Å². The fourth-order valence-corrected chi connectivity index (χ4v) is 2.74. The van der Waals surface area contributed by atoms with Crippen LogP contribution in [0.4, 0.5) is 4.79 Å². The van der Waals surface area contributed by atoms with E-state index in [1.807, 2.05) is 0 Å². The van der Waals surface area contributed by atoms with Crippen LogP contribution >= 0.6 is 11.6 Å². The average Bonchev–Trinajstić information content (AvgIpc) is 2.73. The van der Waals surface area contributed by atoms with E-state index < -0.39 is 30.0 Å². The first-order valence-corrected chi connectivity index (χ1v) is 10.1. The Morgan fingerprint density at radius 2 is 1.58 bits per heavy atom. The smallest absolute Gasteiger partial charge is 0.407 e. The van der Waals surface area contributed by atoms with E-state index in [9.17, 15) is 14.4 Å². The van der Waals surface area contributed by atoms with Gasteiger partial charge in [-0.3, -0.25) is 4.79 Å². The fraction of sp³-hybridized carbons (Fsp3) is 0.318. The largest absolute Gasteiger partial charge is 0.488 e. The van der Waals surface area contributed by atoms with E-state index in [4.69, 9.17) is 30.5 Å². The molecule has 2 rings (SSSR count). The number of alkyl carbamates (subject to hydrolysis) is 1. The van der Waals surface area contributed by atoms with E-state index in [0.29, 0.717) is 22.3 Å². The van der Waals surface area contributed by atoms with Gasteiger partial charge in [-0.25, -0.2) is 9.59 Å². The standard InChI is InChI=1S/C22H24ClNO7/c1-4-28-21(26)20(25)19(24-22(27)29-5-2)14(3)30-16-9-11-17(12-10-16)31-18-8-6-7-15(23)13-18/h6-14,19H,4-5H2,1-3H3,(H,24,27). The Morgan fingerprint density at radius 3 is 2.19 bits per heavy atom. The van der Waals surface area contributed by atoms with Crippen molar-refractivity contribution in [2.24, 2.45) is 0 Å². The molecule has 2 atom stereocenters. The first-order valence-electron chi connectivity index (χ1n) is 9.68. The van der Waals surface area contributed by atoms with Crippen molar-refractivity contribution < 1.29 is 33.3 Å². The molecule has 0 heterocycles. The number of carbonyl (C=O) groups is 3. The highest BCUT2D eigenvalue weighted by Gasteiger charge is 2.34. The molecule has 1 amide bonds. The first-order chi connectivity index (χ1) is 14.8. The van der Waals surface area contributed by atoms with Gasteiger partial charge in [0.25, 0.3) is 5.78 Å². The predicted octanol–water partition coefficient (Wildman–Crippen LogP) is 4.15. The molecule has 0 saturated carbocycles. The van der Waals surface area contributed by atoms with Gasteiger partial charge in [0.05, 0.1) is 13.2 Å². The maximum Gasteiger partial charge on any atom is 0.407 e. The van der Waals surface area contributed by atoms with Crippen molar-refractivity contribution in [3.05, 3.63) is 53.6 Å². The third kappa shape index (κ3) is 7.49. The van der Waals surface area contributed by atoms with Crippen LogP contribution in [0.3, 0.4) is 0 Å². The minimum atomic E-state index is -1.29. The van der Waals surface area contributed by atoms with Gasteiger partial charge in [-0.1, -0.05) is 17.7 Å². The summed E-state index contributed by atoms with van der Waals surface area (Å²) in [4.78, 5) is 36.1. The maximum absolute atomic E-state index is 12.4. The molecule has 2 aromatic rings. The van der Waals surface area contributed by atoms with E-state index in [2.05, 4.69) is 5.32 Å². The Hall–Kier alpha value is -3.26. The monoisotopic (exact) mass is 449 g/mol. The average molecular weight is 450 g/mol. The van der Waals surface area contributed by atoms with E-state index >= 15 is 0 Å². The van der Waals surface area contributed by atoms with Gasteiger partial charge in [0.15, 0.2) is 0 Å². The summed E-state index contributed by atoms with van der Waals surface area (Å²) in [5.74, 6) is -0.481. The summed E-state index contributed by atoms with van der Waals surface area (Å²) in [6.45, 7) is 4.88. The molecular weight excluding hydrogens is 426 g/mol. The van der Waals surface area contributed by atoms with Gasteiger partial charge in [0.1, 0.15) is 29.4 Å². The maximum atomic E-state index is 12.4. The zero-order valence-corrected chi connectivity index (χ0v) is 18.2. The molecule has 0 aliphatic rings. The summed E-state index contributed by atoms with van der Waals surface area (Å²) < 4.78 is 21.0. The molecule has 0 saturated heterocycles. The second kappa shape index (κ2) is 11.8. The van der Waals surface area contributed by atoms with Crippen molar-refractivity contribution in [2.45, 2.75) is 32.9 Å². The number of esters is 1. The lowest BCUT2D eigenvalue weighted by Gasteiger charge is -2.24. The number of ketones is 1. The number of benzene rings is 2. The lowest BCUT2D eigenvalue weighted by atomic mass is 10.1. The minimum absolute atomic E-state index is 0.0278. The topological polar surface area (TPSA) is 100 Å². The number of Topliss-reactive ketones (excluding diaryl/α,β-unsaturated/α-hetero) is 1. The number of hydrogen-bond acceptors (Lipinski definition) is 7. The predicted molar refractivity (Wildman–Crippen MR) is 114 cm³/mol. The van der Waals surface area contributed by atoms with Crippen LogP contribution in [0.15, 0.2) is 48.5 Å². The Kier molecular flexibility index (Phi) is 9.14. The molecule has 31 heavy (non-hydrogen) atoms. The molecule has 0 aromatic heterocycles. The molecule has 0 aliphatic heterocycles. The summed E-state index contributed by atoms with van der Waals surface area (Å²) in [7, 11) is 0. The second-order valence-electron chi connectivity index (χ2n) is 6.28. The van der Waals surface area contributed by atoms with Crippen molar-refractivity contribution in [3.8, 4) is 17.2 Å². The molecule has 2 unspecified atom stereocenters. The van der Waals surface area contributed by atoms with E-state index in [1.165, 1.54) is 0 Å². The number of ether oxygens (including phenoxy) is 4. The third-order valence-corrected chi connectivity index (χ3v) is 4.19. The summed E-state index contributed by atoms with van der Waals surface area (Å²) in [5, 5.41) is 2.91. The second-order valence-corrected chi connectivity index (χ2v) is 6.72. The van der Waals surface area contributed by atoms with E-state index in [-0.39, 0.29) is 13.2 Å².